The van der Waals surface area contributed by atoms with Crippen LogP contribution in [0.2, 0.25) is 0 Å². The molecule has 4 aromatic rings. The third kappa shape index (κ3) is 4.77. The summed E-state index contributed by atoms with van der Waals surface area (Å²) in [6.07, 6.45) is 3.62. The fourth-order valence-corrected chi connectivity index (χ4v) is 9.90. The van der Waals surface area contributed by atoms with Crippen LogP contribution in [0.3, 0.4) is 0 Å². The molecule has 0 spiro atoms. The maximum absolute atomic E-state index is 13.2. The Bertz CT molecular complexity index is 1690. The van der Waals surface area contributed by atoms with Gasteiger partial charge in [0.25, 0.3) is 0 Å². The van der Waals surface area contributed by atoms with Crippen LogP contribution >= 0.6 is 34.4 Å². The highest BCUT2D eigenvalue weighted by Crippen LogP contribution is 2.38. The molecule has 0 bridgehead atoms. The summed E-state index contributed by atoms with van der Waals surface area (Å²) in [6, 6.07) is 9.42. The maximum Gasteiger partial charge on any atom is 0.244 e. The van der Waals surface area contributed by atoms with E-state index in [1.54, 1.807) is 23.1 Å². The lowest BCUT2D eigenvalue weighted by Crippen LogP contribution is -2.41. The summed E-state index contributed by atoms with van der Waals surface area (Å²) < 4.78 is 54.9. The largest absolute Gasteiger partial charge is 0.302 e. The van der Waals surface area contributed by atoms with Crippen LogP contribution in [0.15, 0.2) is 50.5 Å². The second-order valence-corrected chi connectivity index (χ2v) is 15.3. The Hall–Kier alpha value is -2.10. The number of anilines is 1. The molecule has 0 atom stereocenters. The van der Waals surface area contributed by atoms with Crippen molar-refractivity contribution in [1.29, 1.82) is 0 Å². The molecule has 0 radical (unpaired) electrons. The minimum Gasteiger partial charge on any atom is -0.302 e. The van der Waals surface area contributed by atoms with Gasteiger partial charge in [-0.25, -0.2) is 26.8 Å². The number of carbonyl (C=O) groups is 1. The van der Waals surface area contributed by atoms with Crippen molar-refractivity contribution in [3.63, 3.8) is 0 Å². The van der Waals surface area contributed by atoms with Crippen molar-refractivity contribution >= 4 is 85.8 Å². The highest BCUT2D eigenvalue weighted by Gasteiger charge is 2.34. The van der Waals surface area contributed by atoms with Crippen molar-refractivity contribution < 1.29 is 21.6 Å². The van der Waals surface area contributed by atoms with Crippen molar-refractivity contribution in [2.45, 2.75) is 27.0 Å². The molecular formula is C22H22N4O5S5. The van der Waals surface area contributed by atoms with Crippen LogP contribution in [0.5, 0.6) is 0 Å². The maximum atomic E-state index is 13.2. The molecule has 1 aliphatic heterocycles. The Kier molecular flexibility index (Phi) is 6.85. The predicted octanol–water partition coefficient (Wildman–Crippen LogP) is 4.07. The van der Waals surface area contributed by atoms with Gasteiger partial charge in [-0.2, -0.15) is 4.31 Å². The number of rotatable bonds is 6. The molecule has 0 unspecified atom stereocenters. The highest BCUT2D eigenvalue weighted by atomic mass is 32.2. The number of piperidine rings is 1. The first-order valence-corrected chi connectivity index (χ1v) is 17.1. The summed E-state index contributed by atoms with van der Waals surface area (Å²) in [4.78, 5) is 21.6. The third-order valence-corrected chi connectivity index (χ3v) is 12.4. The van der Waals surface area contributed by atoms with Gasteiger partial charge in [0.2, 0.25) is 15.9 Å². The topological polar surface area (TPSA) is 126 Å². The van der Waals surface area contributed by atoms with E-state index in [1.807, 2.05) is 18.4 Å². The predicted molar refractivity (Wildman–Crippen MR) is 144 cm³/mol. The van der Waals surface area contributed by atoms with E-state index in [-0.39, 0.29) is 34.7 Å². The second kappa shape index (κ2) is 9.65. The molecule has 1 saturated heterocycles. The van der Waals surface area contributed by atoms with Crippen molar-refractivity contribution in [3.8, 4) is 0 Å². The quantitative estimate of drug-likeness (QED) is 0.337. The normalized spacial score (nSPS) is 16.1. The minimum absolute atomic E-state index is 0.122. The van der Waals surface area contributed by atoms with Gasteiger partial charge in [-0.1, -0.05) is 35.2 Å². The summed E-state index contributed by atoms with van der Waals surface area (Å²) in [5.41, 5.74) is 1.70. The molecular weight excluding hydrogens is 561 g/mol. The number of hydrogen-bond donors (Lipinski definition) is 1. The lowest BCUT2D eigenvalue weighted by molar-refractivity contribution is -0.120. The lowest BCUT2D eigenvalue weighted by atomic mass is 9.97. The third-order valence-electron chi connectivity index (χ3n) is 5.99. The second-order valence-electron chi connectivity index (χ2n) is 8.35. The Labute approximate surface area is 220 Å². The van der Waals surface area contributed by atoms with Gasteiger partial charge >= 0.3 is 0 Å². The molecule has 9 nitrogen and oxygen atoms in total. The van der Waals surface area contributed by atoms with E-state index in [4.69, 9.17) is 0 Å². The fourth-order valence-electron chi connectivity index (χ4n) is 4.17. The van der Waals surface area contributed by atoms with E-state index in [2.05, 4.69) is 15.3 Å². The number of carbonyl (C=O) groups excluding carboxylic acids is 1. The SMILES string of the molecule is CSc1nc2ccc3nc(NC(=O)C4CCN(S(=O)(=O)c5ccccc5S(C)(=O)=O)CC4)sc3c2s1. The molecule has 0 saturated carbocycles. The number of thiazole rings is 2. The number of sulfonamides is 1. The summed E-state index contributed by atoms with van der Waals surface area (Å²) in [5, 5.41) is 3.40. The molecule has 36 heavy (non-hydrogen) atoms. The van der Waals surface area contributed by atoms with E-state index in [1.165, 1.54) is 39.9 Å². The van der Waals surface area contributed by atoms with Crippen LogP contribution in [0, 0.1) is 5.92 Å². The van der Waals surface area contributed by atoms with Crippen LogP contribution in [-0.2, 0) is 24.7 Å². The summed E-state index contributed by atoms with van der Waals surface area (Å²) in [7, 11) is -7.74. The number of thioether (sulfide) groups is 1. The fraction of sp³-hybridized carbons (Fsp3) is 0.318. The number of nitrogens with zero attached hydrogens (tertiary/aromatic N) is 3. The molecule has 2 aromatic carbocycles. The van der Waals surface area contributed by atoms with Crippen molar-refractivity contribution in [1.82, 2.24) is 14.3 Å². The molecule has 1 amide bonds. The minimum atomic E-state index is -4.02. The van der Waals surface area contributed by atoms with E-state index >= 15 is 0 Å². The smallest absolute Gasteiger partial charge is 0.244 e. The van der Waals surface area contributed by atoms with Crippen LogP contribution in [0.4, 0.5) is 5.13 Å². The first-order chi connectivity index (χ1) is 17.1. The zero-order chi connectivity index (χ0) is 25.7. The molecule has 5 rings (SSSR count). The van der Waals surface area contributed by atoms with E-state index in [0.29, 0.717) is 18.0 Å². The van der Waals surface area contributed by atoms with E-state index in [9.17, 15) is 21.6 Å². The number of benzene rings is 2. The Morgan fingerprint density at radius 1 is 0.972 bits per heavy atom. The first-order valence-electron chi connectivity index (χ1n) is 10.9. The van der Waals surface area contributed by atoms with Crippen molar-refractivity contribution in [2.75, 3.05) is 30.9 Å². The van der Waals surface area contributed by atoms with Crippen LogP contribution in [0.1, 0.15) is 12.8 Å². The number of aromatic nitrogens is 2. The monoisotopic (exact) mass is 582 g/mol. The van der Waals surface area contributed by atoms with E-state index in [0.717, 1.165) is 31.0 Å². The molecule has 190 valence electrons. The molecule has 1 aliphatic rings. The van der Waals surface area contributed by atoms with Crippen molar-refractivity contribution in [3.05, 3.63) is 36.4 Å². The number of nitrogens with one attached hydrogen (secondary N) is 1. The van der Waals surface area contributed by atoms with Gasteiger partial charge < -0.3 is 5.32 Å². The molecule has 1 N–H and O–H groups in total. The molecule has 3 heterocycles. The summed E-state index contributed by atoms with van der Waals surface area (Å²) in [6.45, 7) is 0.245. The molecule has 2 aromatic heterocycles. The van der Waals surface area contributed by atoms with Gasteiger partial charge in [-0.05, 0) is 43.4 Å². The molecule has 1 fully saturated rings. The molecule has 0 aliphatic carbocycles. The van der Waals surface area contributed by atoms with Crippen molar-refractivity contribution in [2.24, 2.45) is 5.92 Å². The van der Waals surface area contributed by atoms with Gasteiger partial charge in [0.1, 0.15) is 4.90 Å². The Morgan fingerprint density at radius 3 is 2.22 bits per heavy atom. The standard InChI is InChI=1S/C22H22N4O5S5/c1-32-22-24-15-8-7-14-18(19(15)34-22)33-21(23-14)25-20(27)13-9-11-26(12-10-13)36(30,31)17-6-4-3-5-16(17)35(2,28)29/h3-8,13H,9-12H2,1-2H3,(H,23,25,27). The first kappa shape index (κ1) is 25.5. The highest BCUT2D eigenvalue weighted by molar-refractivity contribution is 8.00. The zero-order valence-corrected chi connectivity index (χ0v) is 23.4. The summed E-state index contributed by atoms with van der Waals surface area (Å²) in [5.74, 6) is -0.576. The van der Waals surface area contributed by atoms with Gasteiger partial charge in [-0.3, -0.25) is 4.79 Å². The van der Waals surface area contributed by atoms with E-state index < -0.39 is 19.9 Å². The van der Waals surface area contributed by atoms with Gasteiger partial charge in [-0.15, -0.1) is 11.3 Å². The number of fused-ring (bicyclic) bond motifs is 3. The Morgan fingerprint density at radius 2 is 1.58 bits per heavy atom. The van der Waals surface area contributed by atoms with Crippen LogP contribution < -0.4 is 5.32 Å². The summed E-state index contributed by atoms with van der Waals surface area (Å²) >= 11 is 4.59. The lowest BCUT2D eigenvalue weighted by Gasteiger charge is -2.30. The number of hydrogen-bond acceptors (Lipinski definition) is 10. The van der Waals surface area contributed by atoms with Gasteiger partial charge in [0.15, 0.2) is 19.3 Å². The average molecular weight is 583 g/mol. The molecule has 14 heteroatoms. The Balaban J connectivity index is 1.29. The van der Waals surface area contributed by atoms with Crippen LogP contribution in [0.25, 0.3) is 20.4 Å². The van der Waals surface area contributed by atoms with Gasteiger partial charge in [0, 0.05) is 25.3 Å². The number of sulfone groups is 1. The van der Waals surface area contributed by atoms with Gasteiger partial charge in [0.05, 0.1) is 25.3 Å². The number of amides is 1. The zero-order valence-electron chi connectivity index (χ0n) is 19.3. The average Bonchev–Trinajstić information content (AvgIpc) is 3.46. The van der Waals surface area contributed by atoms with Crippen LogP contribution in [-0.4, -0.2) is 62.6 Å².